The summed E-state index contributed by atoms with van der Waals surface area (Å²) >= 11 is 0. The van der Waals surface area contributed by atoms with Crippen molar-refractivity contribution < 1.29 is 0 Å². The SMILES string of the molecule is C=CC(CCCCC)C(C)CC(C=CCCCCCCC)=C(C=CCCCC)C(C)CCCCC. The fourth-order valence-corrected chi connectivity index (χ4v) is 5.11. The van der Waals surface area contributed by atoms with Crippen LogP contribution >= 0.6 is 0 Å². The van der Waals surface area contributed by atoms with E-state index >= 15 is 0 Å². The third-order valence-corrected chi connectivity index (χ3v) is 7.67. The zero-order valence-corrected chi connectivity index (χ0v) is 25.1. The summed E-state index contributed by atoms with van der Waals surface area (Å²) in [6.45, 7) is 18.4. The number of unbranched alkanes of at least 4 members (excludes halogenated alkanes) is 11. The molecule has 3 atom stereocenters. The molecular weight excluding hydrogens is 420 g/mol. The molecule has 0 spiro atoms. The average Bonchev–Trinajstić information content (AvgIpc) is 2.85. The van der Waals surface area contributed by atoms with Gasteiger partial charge in [-0.2, -0.15) is 0 Å². The zero-order chi connectivity index (χ0) is 26.2. The third kappa shape index (κ3) is 17.9. The van der Waals surface area contributed by atoms with Gasteiger partial charge in [0.15, 0.2) is 0 Å². The van der Waals surface area contributed by atoms with Gasteiger partial charge in [-0.15, -0.1) is 6.58 Å². The molecule has 0 aliphatic carbocycles. The van der Waals surface area contributed by atoms with Crippen LogP contribution in [0.5, 0.6) is 0 Å². The minimum atomic E-state index is 0.625. The Bertz CT molecular complexity index is 561. The second kappa shape index (κ2) is 24.6. The van der Waals surface area contributed by atoms with Crippen LogP contribution in [0.4, 0.5) is 0 Å². The number of hydrogen-bond donors (Lipinski definition) is 0. The first-order valence-electron chi connectivity index (χ1n) is 15.7. The molecule has 0 fully saturated rings. The van der Waals surface area contributed by atoms with Crippen LogP contribution < -0.4 is 0 Å². The first kappa shape index (κ1) is 34.0. The second-order valence-corrected chi connectivity index (χ2v) is 11.1. The summed E-state index contributed by atoms with van der Waals surface area (Å²) in [6.07, 6.45) is 35.8. The van der Waals surface area contributed by atoms with Crippen LogP contribution in [0, 0.1) is 17.8 Å². The fourth-order valence-electron chi connectivity index (χ4n) is 5.11. The molecule has 0 aliphatic rings. The summed E-state index contributed by atoms with van der Waals surface area (Å²) in [5.74, 6) is 1.91. The van der Waals surface area contributed by atoms with Crippen molar-refractivity contribution in [2.24, 2.45) is 17.8 Å². The normalized spacial score (nSPS) is 15.5. The summed E-state index contributed by atoms with van der Waals surface area (Å²) in [6, 6.07) is 0. The summed E-state index contributed by atoms with van der Waals surface area (Å²) in [4.78, 5) is 0. The quantitative estimate of drug-likeness (QED) is 0.0725. The van der Waals surface area contributed by atoms with Crippen LogP contribution in [-0.2, 0) is 0 Å². The van der Waals surface area contributed by atoms with Crippen LogP contribution in [0.25, 0.3) is 0 Å². The van der Waals surface area contributed by atoms with Gasteiger partial charge >= 0.3 is 0 Å². The van der Waals surface area contributed by atoms with Crippen molar-refractivity contribution in [3.8, 4) is 0 Å². The van der Waals surface area contributed by atoms with Gasteiger partial charge in [0.05, 0.1) is 0 Å². The van der Waals surface area contributed by atoms with Crippen molar-refractivity contribution in [2.75, 3.05) is 0 Å². The van der Waals surface area contributed by atoms with E-state index in [0.29, 0.717) is 17.8 Å². The highest BCUT2D eigenvalue weighted by Gasteiger charge is 2.18. The number of hydrogen-bond acceptors (Lipinski definition) is 0. The lowest BCUT2D eigenvalue weighted by molar-refractivity contribution is 0.388. The van der Waals surface area contributed by atoms with Gasteiger partial charge in [0.1, 0.15) is 0 Å². The van der Waals surface area contributed by atoms with Gasteiger partial charge in [0.25, 0.3) is 0 Å². The Morgan fingerprint density at radius 1 is 0.629 bits per heavy atom. The van der Waals surface area contributed by atoms with E-state index in [1.807, 2.05) is 0 Å². The first-order valence-corrected chi connectivity index (χ1v) is 15.7. The minimum absolute atomic E-state index is 0.625. The molecule has 0 rings (SSSR count). The molecule has 0 saturated carbocycles. The molecule has 0 heteroatoms. The van der Waals surface area contributed by atoms with Gasteiger partial charge < -0.3 is 0 Å². The highest BCUT2D eigenvalue weighted by molar-refractivity contribution is 5.35. The Morgan fingerprint density at radius 2 is 1.17 bits per heavy atom. The molecule has 0 aromatic heterocycles. The number of allylic oxidation sites excluding steroid dienone is 7. The maximum Gasteiger partial charge on any atom is -0.0188 e. The lowest BCUT2D eigenvalue weighted by atomic mass is 9.81. The first-order chi connectivity index (χ1) is 17.0. The summed E-state index contributed by atoms with van der Waals surface area (Å²) in [5, 5.41) is 0. The van der Waals surface area contributed by atoms with Gasteiger partial charge in [-0.05, 0) is 67.4 Å². The highest BCUT2D eigenvalue weighted by Crippen LogP contribution is 2.32. The van der Waals surface area contributed by atoms with E-state index in [1.54, 1.807) is 11.1 Å². The topological polar surface area (TPSA) is 0 Å². The molecule has 0 heterocycles. The average molecular weight is 485 g/mol. The van der Waals surface area contributed by atoms with E-state index in [0.717, 1.165) is 0 Å². The monoisotopic (exact) mass is 485 g/mol. The van der Waals surface area contributed by atoms with E-state index in [-0.39, 0.29) is 0 Å². The van der Waals surface area contributed by atoms with Crippen molar-refractivity contribution in [1.82, 2.24) is 0 Å². The van der Waals surface area contributed by atoms with Crippen molar-refractivity contribution in [2.45, 2.75) is 157 Å². The maximum absolute atomic E-state index is 4.23. The zero-order valence-electron chi connectivity index (χ0n) is 25.1. The van der Waals surface area contributed by atoms with Crippen LogP contribution in [0.3, 0.4) is 0 Å². The third-order valence-electron chi connectivity index (χ3n) is 7.67. The van der Waals surface area contributed by atoms with Crippen molar-refractivity contribution in [1.29, 1.82) is 0 Å². The molecule has 0 saturated heterocycles. The second-order valence-electron chi connectivity index (χ2n) is 11.1. The van der Waals surface area contributed by atoms with Gasteiger partial charge in [-0.25, -0.2) is 0 Å². The van der Waals surface area contributed by atoms with Gasteiger partial charge in [0.2, 0.25) is 0 Å². The summed E-state index contributed by atoms with van der Waals surface area (Å²) in [5.41, 5.74) is 3.22. The predicted octanol–water partition coefficient (Wildman–Crippen LogP) is 12.6. The predicted molar refractivity (Wildman–Crippen MR) is 163 cm³/mol. The van der Waals surface area contributed by atoms with Gasteiger partial charge in [0, 0.05) is 0 Å². The molecule has 204 valence electrons. The van der Waals surface area contributed by atoms with E-state index in [9.17, 15) is 0 Å². The molecule has 35 heavy (non-hydrogen) atoms. The molecule has 0 amide bonds. The Kier molecular flexibility index (Phi) is 23.9. The van der Waals surface area contributed by atoms with Crippen molar-refractivity contribution in [3.05, 3.63) is 48.1 Å². The standard InChI is InChI=1S/C35H64/c1-8-13-17-19-20-21-24-28-34(30-32(7)33(12-5)27-23-16-11-4)35(29-25-18-14-9-2)31(6)26-22-15-10-3/h12,24-25,28-29,31-33H,5,8-11,13-23,26-27,30H2,1-4,6-7H3. The minimum Gasteiger partial charge on any atom is -0.103 e. The molecule has 0 bridgehead atoms. The Morgan fingerprint density at radius 3 is 1.80 bits per heavy atom. The number of rotatable bonds is 24. The van der Waals surface area contributed by atoms with Crippen LogP contribution in [0.2, 0.25) is 0 Å². The van der Waals surface area contributed by atoms with E-state index in [2.05, 4.69) is 78.5 Å². The van der Waals surface area contributed by atoms with E-state index < -0.39 is 0 Å². The Balaban J connectivity index is 5.75. The van der Waals surface area contributed by atoms with Crippen molar-refractivity contribution >= 4 is 0 Å². The highest BCUT2D eigenvalue weighted by atomic mass is 14.2. The molecule has 0 radical (unpaired) electrons. The molecule has 3 unspecified atom stereocenters. The molecular formula is C35H64. The van der Waals surface area contributed by atoms with Gasteiger partial charge in [-0.3, -0.25) is 0 Å². The molecule has 0 aromatic carbocycles. The lowest BCUT2D eigenvalue weighted by Crippen LogP contribution is -2.12. The van der Waals surface area contributed by atoms with Crippen LogP contribution in [0.1, 0.15) is 157 Å². The van der Waals surface area contributed by atoms with E-state index in [4.69, 9.17) is 0 Å². The van der Waals surface area contributed by atoms with Crippen LogP contribution in [0.15, 0.2) is 48.1 Å². The lowest BCUT2D eigenvalue weighted by Gasteiger charge is -2.24. The van der Waals surface area contributed by atoms with Crippen molar-refractivity contribution in [3.63, 3.8) is 0 Å². The maximum atomic E-state index is 4.23. The summed E-state index contributed by atoms with van der Waals surface area (Å²) < 4.78 is 0. The van der Waals surface area contributed by atoms with E-state index in [1.165, 1.54) is 116 Å². The Labute approximate surface area is 222 Å². The molecule has 0 nitrogen and oxygen atoms in total. The summed E-state index contributed by atoms with van der Waals surface area (Å²) in [7, 11) is 0. The largest absolute Gasteiger partial charge is 0.103 e. The smallest absolute Gasteiger partial charge is 0.0188 e. The molecule has 0 aliphatic heterocycles. The van der Waals surface area contributed by atoms with Gasteiger partial charge in [-0.1, -0.05) is 149 Å². The Hall–Kier alpha value is -1.04. The molecule has 0 N–H and O–H groups in total. The molecule has 0 aromatic rings. The van der Waals surface area contributed by atoms with Crippen LogP contribution in [-0.4, -0.2) is 0 Å². The fraction of sp³-hybridized carbons (Fsp3) is 0.771.